The molecular weight excluding hydrogens is 158 g/mol. The van der Waals surface area contributed by atoms with Gasteiger partial charge in [-0.1, -0.05) is 0 Å². The molecular formula is C6H11N5O. The number of hydrogen-bond donors (Lipinski definition) is 3. The first-order chi connectivity index (χ1) is 5.61. The van der Waals surface area contributed by atoms with Gasteiger partial charge in [-0.05, 0) is 0 Å². The molecule has 0 bridgehead atoms. The van der Waals surface area contributed by atoms with E-state index in [1.807, 2.05) is 0 Å². The first-order valence-electron chi connectivity index (χ1n) is 3.38. The number of nitrogens with one attached hydrogen (secondary N) is 2. The molecule has 0 fully saturated rings. The molecule has 0 saturated heterocycles. The number of carbonyl (C=O) groups is 1. The molecule has 6 nitrogen and oxygen atoms in total. The first kappa shape index (κ1) is 8.54. The maximum atomic E-state index is 11.2. The molecule has 66 valence electrons. The zero-order chi connectivity index (χ0) is 9.14. The molecule has 0 radical (unpaired) electrons. The van der Waals surface area contributed by atoms with Crippen molar-refractivity contribution in [1.82, 2.24) is 20.6 Å². The summed E-state index contributed by atoms with van der Waals surface area (Å²) in [5.74, 6) is 0.000556. The highest BCUT2D eigenvalue weighted by Crippen LogP contribution is 2.04. The van der Waals surface area contributed by atoms with E-state index in [1.165, 1.54) is 11.2 Å². The Hall–Kier alpha value is -1.56. The molecule has 0 aliphatic rings. The Balaban J connectivity index is 2.72. The Bertz CT molecular complexity index is 279. The Morgan fingerprint density at radius 1 is 1.75 bits per heavy atom. The van der Waals surface area contributed by atoms with Gasteiger partial charge in [0.25, 0.3) is 5.91 Å². The molecule has 1 aromatic heterocycles. The van der Waals surface area contributed by atoms with Gasteiger partial charge in [-0.25, -0.2) is 5.01 Å². The summed E-state index contributed by atoms with van der Waals surface area (Å²) in [6.07, 6.45) is 1.38. The summed E-state index contributed by atoms with van der Waals surface area (Å²) >= 11 is 0. The molecule has 0 atom stereocenters. The largest absolute Gasteiger partial charge is 0.383 e. The minimum absolute atomic E-state index is 0.272. The van der Waals surface area contributed by atoms with Crippen molar-refractivity contribution in [2.45, 2.75) is 0 Å². The van der Waals surface area contributed by atoms with E-state index in [2.05, 4.69) is 15.6 Å². The zero-order valence-corrected chi connectivity index (χ0v) is 6.96. The van der Waals surface area contributed by atoms with Crippen LogP contribution in [0.25, 0.3) is 0 Å². The number of amides is 1. The van der Waals surface area contributed by atoms with Gasteiger partial charge in [-0.3, -0.25) is 15.3 Å². The molecule has 1 rings (SSSR count). The number of H-pyrrole nitrogens is 1. The lowest BCUT2D eigenvalue weighted by atomic mass is 10.3. The number of hydrogen-bond acceptors (Lipinski definition) is 4. The SMILES string of the molecule is CN(C)NC(=O)c1cn[nH]c1N. The van der Waals surface area contributed by atoms with Crippen LogP contribution in [-0.4, -0.2) is 35.2 Å². The quantitative estimate of drug-likeness (QED) is 0.506. The van der Waals surface area contributed by atoms with Crippen LogP contribution in [0, 0.1) is 0 Å². The smallest absolute Gasteiger partial charge is 0.270 e. The Morgan fingerprint density at radius 3 is 2.83 bits per heavy atom. The summed E-state index contributed by atoms with van der Waals surface area (Å²) < 4.78 is 0. The number of nitrogens with zero attached hydrogens (tertiary/aromatic N) is 2. The van der Waals surface area contributed by atoms with E-state index in [0.29, 0.717) is 5.56 Å². The molecule has 0 aliphatic heterocycles. The molecule has 0 saturated carbocycles. The van der Waals surface area contributed by atoms with Crippen LogP contribution in [0.4, 0.5) is 5.82 Å². The van der Waals surface area contributed by atoms with Gasteiger partial charge in [0.05, 0.1) is 6.20 Å². The van der Waals surface area contributed by atoms with Crippen molar-refractivity contribution in [2.24, 2.45) is 0 Å². The van der Waals surface area contributed by atoms with Crippen molar-refractivity contribution in [3.63, 3.8) is 0 Å². The molecule has 0 spiro atoms. The van der Waals surface area contributed by atoms with Gasteiger partial charge >= 0.3 is 0 Å². The lowest BCUT2D eigenvalue weighted by Gasteiger charge is -2.10. The molecule has 12 heavy (non-hydrogen) atoms. The maximum absolute atomic E-state index is 11.2. The third kappa shape index (κ3) is 1.73. The molecule has 1 amide bonds. The molecule has 0 aromatic carbocycles. The van der Waals surface area contributed by atoms with E-state index in [-0.39, 0.29) is 11.7 Å². The topological polar surface area (TPSA) is 87.0 Å². The normalized spacial score (nSPS) is 10.2. The van der Waals surface area contributed by atoms with Crippen LogP contribution in [-0.2, 0) is 0 Å². The van der Waals surface area contributed by atoms with Crippen LogP contribution >= 0.6 is 0 Å². The summed E-state index contributed by atoms with van der Waals surface area (Å²) in [6.45, 7) is 0. The minimum Gasteiger partial charge on any atom is -0.383 e. The van der Waals surface area contributed by atoms with Crippen LogP contribution < -0.4 is 11.2 Å². The summed E-state index contributed by atoms with van der Waals surface area (Å²) in [5, 5.41) is 7.63. The van der Waals surface area contributed by atoms with Gasteiger partial charge in [-0.2, -0.15) is 5.10 Å². The van der Waals surface area contributed by atoms with Crippen LogP contribution in [0.1, 0.15) is 10.4 Å². The number of nitrogens with two attached hydrogens (primary N) is 1. The number of rotatable bonds is 2. The van der Waals surface area contributed by atoms with Gasteiger partial charge in [0.1, 0.15) is 11.4 Å². The number of aromatic amines is 1. The fraction of sp³-hybridized carbons (Fsp3) is 0.333. The fourth-order valence-electron chi connectivity index (χ4n) is 0.740. The van der Waals surface area contributed by atoms with Crippen molar-refractivity contribution in [3.8, 4) is 0 Å². The van der Waals surface area contributed by atoms with Crippen LogP contribution in [0.3, 0.4) is 0 Å². The van der Waals surface area contributed by atoms with E-state index >= 15 is 0 Å². The number of aromatic nitrogens is 2. The van der Waals surface area contributed by atoms with Gasteiger partial charge < -0.3 is 5.73 Å². The average Bonchev–Trinajstić information content (AvgIpc) is 2.33. The summed E-state index contributed by atoms with van der Waals surface area (Å²) in [4.78, 5) is 11.2. The standard InChI is InChI=1S/C6H11N5O/c1-11(2)10-6(12)4-3-8-9-5(4)7/h3H,1-2H3,(H,10,12)(H3,7,8,9). The van der Waals surface area contributed by atoms with E-state index in [9.17, 15) is 4.79 Å². The third-order valence-corrected chi connectivity index (χ3v) is 1.24. The number of carbonyl (C=O) groups excluding carboxylic acids is 1. The number of anilines is 1. The lowest BCUT2D eigenvalue weighted by molar-refractivity contribution is 0.0858. The van der Waals surface area contributed by atoms with Crippen LogP contribution in [0.15, 0.2) is 6.20 Å². The average molecular weight is 169 g/mol. The van der Waals surface area contributed by atoms with Crippen molar-refractivity contribution >= 4 is 11.7 Å². The van der Waals surface area contributed by atoms with Crippen molar-refractivity contribution in [3.05, 3.63) is 11.8 Å². The summed E-state index contributed by atoms with van der Waals surface area (Å²) in [7, 11) is 3.43. The Kier molecular flexibility index (Phi) is 2.29. The third-order valence-electron chi connectivity index (χ3n) is 1.24. The second-order valence-corrected chi connectivity index (χ2v) is 2.53. The first-order valence-corrected chi connectivity index (χ1v) is 3.38. The Labute approximate surface area is 69.7 Å². The predicted octanol–water partition coefficient (Wildman–Crippen LogP) is -0.802. The van der Waals surface area contributed by atoms with Crippen molar-refractivity contribution in [1.29, 1.82) is 0 Å². The second kappa shape index (κ2) is 3.22. The van der Waals surface area contributed by atoms with Gasteiger partial charge in [0, 0.05) is 14.1 Å². The van der Waals surface area contributed by atoms with Crippen molar-refractivity contribution in [2.75, 3.05) is 19.8 Å². The number of hydrazine groups is 1. The molecule has 1 heterocycles. The molecule has 0 aliphatic carbocycles. The summed E-state index contributed by atoms with van der Waals surface area (Å²) in [5.41, 5.74) is 8.31. The highest BCUT2D eigenvalue weighted by atomic mass is 16.2. The second-order valence-electron chi connectivity index (χ2n) is 2.53. The van der Waals surface area contributed by atoms with E-state index < -0.39 is 0 Å². The van der Waals surface area contributed by atoms with Gasteiger partial charge in [-0.15, -0.1) is 0 Å². The highest BCUT2D eigenvalue weighted by Gasteiger charge is 2.10. The van der Waals surface area contributed by atoms with Crippen LogP contribution in [0.5, 0.6) is 0 Å². The maximum Gasteiger partial charge on any atom is 0.270 e. The molecule has 4 N–H and O–H groups in total. The van der Waals surface area contributed by atoms with E-state index in [0.717, 1.165) is 0 Å². The fourth-order valence-corrected chi connectivity index (χ4v) is 0.740. The van der Waals surface area contributed by atoms with Gasteiger partial charge in [0.15, 0.2) is 0 Å². The monoisotopic (exact) mass is 169 g/mol. The highest BCUT2D eigenvalue weighted by molar-refractivity contribution is 5.97. The lowest BCUT2D eigenvalue weighted by Crippen LogP contribution is -2.36. The predicted molar refractivity (Wildman–Crippen MR) is 44.2 cm³/mol. The number of nitrogen functional groups attached to an aromatic ring is 1. The van der Waals surface area contributed by atoms with Gasteiger partial charge in [0.2, 0.25) is 0 Å². The Morgan fingerprint density at radius 2 is 2.42 bits per heavy atom. The minimum atomic E-state index is -0.272. The summed E-state index contributed by atoms with van der Waals surface area (Å²) in [6, 6.07) is 0. The van der Waals surface area contributed by atoms with Crippen LogP contribution in [0.2, 0.25) is 0 Å². The van der Waals surface area contributed by atoms with Crippen molar-refractivity contribution < 1.29 is 4.79 Å². The zero-order valence-electron chi connectivity index (χ0n) is 6.96. The molecule has 0 unspecified atom stereocenters. The molecule has 6 heteroatoms. The van der Waals surface area contributed by atoms with E-state index in [4.69, 9.17) is 5.73 Å². The van der Waals surface area contributed by atoms with E-state index in [1.54, 1.807) is 14.1 Å². The molecule has 1 aromatic rings.